The van der Waals surface area contributed by atoms with Gasteiger partial charge in [-0.2, -0.15) is 5.26 Å². The number of anilines is 1. The van der Waals surface area contributed by atoms with E-state index in [1.807, 2.05) is 48.1 Å². The van der Waals surface area contributed by atoms with Crippen LogP contribution in [-0.4, -0.2) is 48.6 Å². The van der Waals surface area contributed by atoms with E-state index < -0.39 is 0 Å². The summed E-state index contributed by atoms with van der Waals surface area (Å²) in [6, 6.07) is 14.2. The van der Waals surface area contributed by atoms with E-state index in [9.17, 15) is 10.1 Å². The van der Waals surface area contributed by atoms with Gasteiger partial charge in [-0.15, -0.1) is 10.2 Å². The number of pyridine rings is 1. The van der Waals surface area contributed by atoms with E-state index in [1.54, 1.807) is 6.33 Å². The maximum Gasteiger partial charge on any atom is 0.274 e. The van der Waals surface area contributed by atoms with Crippen LogP contribution in [0.25, 0.3) is 11.0 Å². The number of aromatic nitrogens is 5. The first-order valence-electron chi connectivity index (χ1n) is 13.8. The third-order valence-corrected chi connectivity index (χ3v) is 9.17. The van der Waals surface area contributed by atoms with Crippen molar-refractivity contribution >= 4 is 22.6 Å². The first kappa shape index (κ1) is 24.0. The molecule has 2 N–H and O–H groups in total. The summed E-state index contributed by atoms with van der Waals surface area (Å²) in [7, 11) is 1.95. The van der Waals surface area contributed by atoms with E-state index in [-0.39, 0.29) is 11.3 Å². The maximum atomic E-state index is 13.5. The van der Waals surface area contributed by atoms with Crippen LogP contribution in [0, 0.1) is 22.7 Å². The van der Waals surface area contributed by atoms with Gasteiger partial charge in [0.1, 0.15) is 17.8 Å². The largest absolute Gasteiger partial charge is 0.360 e. The number of H-pyrrole nitrogens is 1. The number of nitriles is 1. The number of fused-ring (bicyclic) bond motifs is 1. The van der Waals surface area contributed by atoms with E-state index in [1.165, 1.54) is 19.3 Å². The quantitative estimate of drug-likeness (QED) is 0.370. The van der Waals surface area contributed by atoms with Crippen LogP contribution in [0.4, 0.5) is 5.69 Å². The molecule has 9 heteroatoms. The molecule has 1 amide bonds. The number of carbonyl (C=O) groups is 1. The minimum Gasteiger partial charge on any atom is -0.360 e. The summed E-state index contributed by atoms with van der Waals surface area (Å²) >= 11 is 0. The van der Waals surface area contributed by atoms with E-state index in [0.717, 1.165) is 66.1 Å². The second-order valence-electron chi connectivity index (χ2n) is 11.9. The van der Waals surface area contributed by atoms with Gasteiger partial charge in [0.15, 0.2) is 0 Å². The molecular formula is C30H32N8O. The fraction of sp³-hybridized carbons (Fsp3) is 0.433. The van der Waals surface area contributed by atoms with Crippen LogP contribution in [-0.2, 0) is 19.0 Å². The van der Waals surface area contributed by atoms with Crippen molar-refractivity contribution in [3.63, 3.8) is 0 Å². The molecule has 1 spiro atoms. The maximum absolute atomic E-state index is 13.5. The predicted octanol–water partition coefficient (Wildman–Crippen LogP) is 4.54. The van der Waals surface area contributed by atoms with Gasteiger partial charge in [0.05, 0.1) is 22.5 Å². The van der Waals surface area contributed by atoms with Gasteiger partial charge in [0.25, 0.3) is 5.91 Å². The summed E-state index contributed by atoms with van der Waals surface area (Å²) in [6.07, 6.45) is 9.78. The Bertz CT molecular complexity index is 1600. The molecule has 0 atom stereocenters. The van der Waals surface area contributed by atoms with Crippen LogP contribution >= 0.6 is 0 Å². The highest BCUT2D eigenvalue weighted by atomic mass is 16.1. The molecule has 0 unspecified atom stereocenters. The standard InChI is InChI=1S/C30H32N8O/c1-37-19-33-36-28(37)30(15-20(16-30)5-10-31)22-3-2-4-23(14-22)34-27(39)25-13-21(26-24(35-25)6-11-32-26)17-38-12-9-29(18-38)7-8-29/h2-4,6,11,13-14,19-20,32H,5,7-9,12,15-18H2,1H3,(H,34,39). The Labute approximate surface area is 227 Å². The molecule has 1 aromatic carbocycles. The van der Waals surface area contributed by atoms with Crippen LogP contribution in [0.15, 0.2) is 48.9 Å². The van der Waals surface area contributed by atoms with Crippen LogP contribution < -0.4 is 5.32 Å². The molecule has 9 nitrogen and oxygen atoms in total. The monoisotopic (exact) mass is 520 g/mol. The van der Waals surface area contributed by atoms with E-state index in [4.69, 9.17) is 0 Å². The SMILES string of the molecule is Cn1cnnc1C1(c2cccc(NC(=O)c3cc(CN4CCC5(CC5)C4)c4[nH]ccc4n3)c2)CC(CC#N)C1. The molecule has 3 fully saturated rings. The lowest BCUT2D eigenvalue weighted by atomic mass is 9.57. The van der Waals surface area contributed by atoms with Crippen molar-refractivity contribution in [3.05, 3.63) is 71.6 Å². The summed E-state index contributed by atoms with van der Waals surface area (Å²) in [5.41, 5.74) is 5.38. The molecule has 1 saturated heterocycles. The normalized spacial score (nSPS) is 23.5. The van der Waals surface area contributed by atoms with Crippen molar-refractivity contribution in [1.82, 2.24) is 29.6 Å². The van der Waals surface area contributed by atoms with Gasteiger partial charge >= 0.3 is 0 Å². The Morgan fingerprint density at radius 3 is 2.85 bits per heavy atom. The third kappa shape index (κ3) is 4.20. The predicted molar refractivity (Wildman–Crippen MR) is 147 cm³/mol. The number of aromatic amines is 1. The number of nitrogens with zero attached hydrogens (tertiary/aromatic N) is 6. The summed E-state index contributed by atoms with van der Waals surface area (Å²) in [5.74, 6) is 0.991. The van der Waals surface area contributed by atoms with Gasteiger partial charge in [0, 0.05) is 38.4 Å². The van der Waals surface area contributed by atoms with Crippen molar-refractivity contribution in [1.29, 1.82) is 5.26 Å². The van der Waals surface area contributed by atoms with Gasteiger partial charge in [0.2, 0.25) is 0 Å². The highest BCUT2D eigenvalue weighted by Gasteiger charge is 2.50. The molecule has 3 aliphatic rings. The zero-order chi connectivity index (χ0) is 26.6. The minimum atomic E-state index is -0.322. The molecule has 39 heavy (non-hydrogen) atoms. The molecule has 1 aliphatic heterocycles. The lowest BCUT2D eigenvalue weighted by Gasteiger charge is -2.46. The second-order valence-corrected chi connectivity index (χ2v) is 11.9. The zero-order valence-electron chi connectivity index (χ0n) is 22.2. The molecule has 0 bridgehead atoms. The molecule has 198 valence electrons. The Balaban J connectivity index is 1.15. The van der Waals surface area contributed by atoms with Crippen molar-refractivity contribution in [2.24, 2.45) is 18.4 Å². The number of likely N-dealkylation sites (tertiary alicyclic amines) is 1. The van der Waals surface area contributed by atoms with E-state index >= 15 is 0 Å². The number of benzene rings is 1. The lowest BCUT2D eigenvalue weighted by molar-refractivity contribution is 0.102. The fourth-order valence-electron chi connectivity index (χ4n) is 6.89. The number of carbonyl (C=O) groups excluding carboxylic acids is 1. The summed E-state index contributed by atoms with van der Waals surface area (Å²) in [5, 5.41) is 20.9. The average Bonchev–Trinajstić information content (AvgIpc) is 3.23. The summed E-state index contributed by atoms with van der Waals surface area (Å²) in [4.78, 5) is 24.0. The molecule has 2 aliphatic carbocycles. The smallest absolute Gasteiger partial charge is 0.274 e. The van der Waals surface area contributed by atoms with E-state index in [2.05, 4.69) is 42.5 Å². The molecule has 3 aromatic heterocycles. The molecular weight excluding hydrogens is 488 g/mol. The Hall–Kier alpha value is -4.03. The van der Waals surface area contributed by atoms with Gasteiger partial charge in [-0.1, -0.05) is 12.1 Å². The van der Waals surface area contributed by atoms with Gasteiger partial charge in [-0.3, -0.25) is 9.69 Å². The lowest BCUT2D eigenvalue weighted by Crippen LogP contribution is -2.44. The van der Waals surface area contributed by atoms with Crippen LogP contribution in [0.1, 0.15) is 66.0 Å². The molecule has 7 rings (SSSR count). The number of hydrogen-bond acceptors (Lipinski definition) is 6. The summed E-state index contributed by atoms with van der Waals surface area (Å²) < 4.78 is 1.96. The Morgan fingerprint density at radius 1 is 1.23 bits per heavy atom. The fourth-order valence-corrected chi connectivity index (χ4v) is 6.89. The number of rotatable bonds is 7. The van der Waals surface area contributed by atoms with Crippen molar-refractivity contribution < 1.29 is 4.79 Å². The van der Waals surface area contributed by atoms with E-state index in [0.29, 0.717) is 23.4 Å². The van der Waals surface area contributed by atoms with Crippen LogP contribution in [0.3, 0.4) is 0 Å². The highest BCUT2D eigenvalue weighted by Crippen LogP contribution is 2.53. The number of aryl methyl sites for hydroxylation is 1. The number of hydrogen-bond donors (Lipinski definition) is 2. The molecule has 4 aromatic rings. The minimum absolute atomic E-state index is 0.222. The van der Waals surface area contributed by atoms with Crippen LogP contribution in [0.5, 0.6) is 0 Å². The molecule has 2 saturated carbocycles. The first-order chi connectivity index (χ1) is 19.0. The van der Waals surface area contributed by atoms with Crippen LogP contribution in [0.2, 0.25) is 0 Å². The van der Waals surface area contributed by atoms with Gasteiger partial charge < -0.3 is 14.9 Å². The Morgan fingerprint density at radius 2 is 2.10 bits per heavy atom. The van der Waals surface area contributed by atoms with Crippen molar-refractivity contribution in [2.45, 2.75) is 50.5 Å². The van der Waals surface area contributed by atoms with Crippen molar-refractivity contribution in [2.75, 3.05) is 18.4 Å². The van der Waals surface area contributed by atoms with Gasteiger partial charge in [-0.25, -0.2) is 4.98 Å². The molecule has 4 heterocycles. The van der Waals surface area contributed by atoms with Gasteiger partial charge in [-0.05, 0) is 85.4 Å². The van der Waals surface area contributed by atoms with Crippen molar-refractivity contribution in [3.8, 4) is 6.07 Å². The number of nitrogens with one attached hydrogen (secondary N) is 2. The molecule has 0 radical (unpaired) electrons. The first-order valence-corrected chi connectivity index (χ1v) is 13.8. The second kappa shape index (κ2) is 9.02. The highest BCUT2D eigenvalue weighted by molar-refractivity contribution is 6.04. The number of amides is 1. The Kier molecular flexibility index (Phi) is 5.56. The average molecular weight is 521 g/mol. The topological polar surface area (TPSA) is 116 Å². The third-order valence-electron chi connectivity index (χ3n) is 9.17. The summed E-state index contributed by atoms with van der Waals surface area (Å²) in [6.45, 7) is 3.08. The zero-order valence-corrected chi connectivity index (χ0v) is 22.2.